The molecule has 1 aromatic heterocycles. The van der Waals surface area contributed by atoms with Gasteiger partial charge in [0.2, 0.25) is 5.91 Å². The van der Waals surface area contributed by atoms with Crippen LogP contribution in [0, 0.1) is 0 Å². The highest BCUT2D eigenvalue weighted by atomic mass is 16.2. The molecule has 0 atom stereocenters. The third kappa shape index (κ3) is 2.26. The quantitative estimate of drug-likeness (QED) is 0.728. The van der Waals surface area contributed by atoms with Crippen LogP contribution in [0.5, 0.6) is 0 Å². The van der Waals surface area contributed by atoms with E-state index < -0.39 is 0 Å². The van der Waals surface area contributed by atoms with E-state index in [1.54, 1.807) is 4.68 Å². The fourth-order valence-corrected chi connectivity index (χ4v) is 3.09. The zero-order chi connectivity index (χ0) is 14.9. The van der Waals surface area contributed by atoms with Gasteiger partial charge < -0.3 is 4.90 Å². The Balaban J connectivity index is 1.54. The van der Waals surface area contributed by atoms with Gasteiger partial charge in [-0.05, 0) is 23.6 Å². The van der Waals surface area contributed by atoms with Crippen molar-refractivity contribution >= 4 is 16.8 Å². The molecule has 0 radical (unpaired) electrons. The lowest BCUT2D eigenvalue weighted by atomic mass is 10.00. The molecular formula is C18H17N3O. The number of nitrogens with zero attached hydrogens (tertiary/aromatic N) is 3. The molecule has 0 bridgehead atoms. The second-order valence-corrected chi connectivity index (χ2v) is 5.70. The van der Waals surface area contributed by atoms with E-state index in [0.29, 0.717) is 13.1 Å². The van der Waals surface area contributed by atoms with Gasteiger partial charge in [0, 0.05) is 18.5 Å². The minimum atomic E-state index is 0.128. The average Bonchev–Trinajstić information content (AvgIpc) is 2.97. The average molecular weight is 291 g/mol. The van der Waals surface area contributed by atoms with E-state index in [2.05, 4.69) is 23.3 Å². The van der Waals surface area contributed by atoms with Gasteiger partial charge in [0.25, 0.3) is 0 Å². The Morgan fingerprint density at radius 2 is 1.82 bits per heavy atom. The van der Waals surface area contributed by atoms with Crippen LogP contribution < -0.4 is 0 Å². The zero-order valence-electron chi connectivity index (χ0n) is 12.3. The summed E-state index contributed by atoms with van der Waals surface area (Å²) in [6.07, 6.45) is 2.75. The van der Waals surface area contributed by atoms with Crippen LogP contribution in [0.25, 0.3) is 10.9 Å². The van der Waals surface area contributed by atoms with Crippen molar-refractivity contribution in [2.45, 2.75) is 19.5 Å². The topological polar surface area (TPSA) is 38.1 Å². The van der Waals surface area contributed by atoms with Gasteiger partial charge in [-0.25, -0.2) is 0 Å². The molecule has 2 aromatic carbocycles. The number of aromatic nitrogens is 2. The number of hydrogen-bond donors (Lipinski definition) is 0. The monoisotopic (exact) mass is 291 g/mol. The summed E-state index contributed by atoms with van der Waals surface area (Å²) in [5.74, 6) is 0.128. The van der Waals surface area contributed by atoms with Gasteiger partial charge in [-0.1, -0.05) is 42.5 Å². The van der Waals surface area contributed by atoms with E-state index in [9.17, 15) is 4.79 Å². The summed E-state index contributed by atoms with van der Waals surface area (Å²) in [5.41, 5.74) is 3.62. The fraction of sp³-hybridized carbons (Fsp3) is 0.222. The maximum absolute atomic E-state index is 12.6. The lowest BCUT2D eigenvalue weighted by Gasteiger charge is -2.29. The third-order valence-corrected chi connectivity index (χ3v) is 4.32. The Morgan fingerprint density at radius 1 is 1.05 bits per heavy atom. The number of fused-ring (bicyclic) bond motifs is 2. The molecule has 2 heterocycles. The molecule has 0 saturated heterocycles. The summed E-state index contributed by atoms with van der Waals surface area (Å²) in [6.45, 7) is 1.79. The van der Waals surface area contributed by atoms with Crippen LogP contribution >= 0.6 is 0 Å². The van der Waals surface area contributed by atoms with Gasteiger partial charge in [-0.15, -0.1) is 0 Å². The zero-order valence-corrected chi connectivity index (χ0v) is 12.3. The molecule has 4 rings (SSSR count). The molecule has 110 valence electrons. The summed E-state index contributed by atoms with van der Waals surface area (Å²) in [7, 11) is 0. The Labute approximate surface area is 129 Å². The highest BCUT2D eigenvalue weighted by Gasteiger charge is 2.21. The van der Waals surface area contributed by atoms with Crippen LogP contribution in [-0.2, 0) is 24.3 Å². The largest absolute Gasteiger partial charge is 0.336 e. The maximum atomic E-state index is 12.6. The first-order valence-electron chi connectivity index (χ1n) is 7.56. The number of carbonyl (C=O) groups is 1. The van der Waals surface area contributed by atoms with E-state index in [-0.39, 0.29) is 5.91 Å². The maximum Gasteiger partial charge on any atom is 0.244 e. The van der Waals surface area contributed by atoms with Gasteiger partial charge in [0.1, 0.15) is 6.54 Å². The minimum Gasteiger partial charge on any atom is -0.336 e. The lowest BCUT2D eigenvalue weighted by molar-refractivity contribution is -0.132. The molecule has 0 saturated carbocycles. The standard InChI is InChI=1S/C18H17N3O/c22-18(13-21-17-8-4-3-6-15(17)11-19-21)20-10-9-14-5-1-2-7-16(14)12-20/h1-8,11H,9-10,12-13H2. The SMILES string of the molecule is O=C(Cn1ncc2ccccc21)N1CCc2ccccc2C1. The van der Waals surface area contributed by atoms with Crippen molar-refractivity contribution in [2.75, 3.05) is 6.54 Å². The molecule has 0 spiro atoms. The fourth-order valence-electron chi connectivity index (χ4n) is 3.09. The number of hydrogen-bond acceptors (Lipinski definition) is 2. The van der Waals surface area contributed by atoms with Gasteiger partial charge in [-0.2, -0.15) is 5.10 Å². The first-order chi connectivity index (χ1) is 10.8. The van der Waals surface area contributed by atoms with Crippen LogP contribution in [0.1, 0.15) is 11.1 Å². The summed E-state index contributed by atoms with van der Waals surface area (Å²) >= 11 is 0. The van der Waals surface area contributed by atoms with Crippen LogP contribution in [-0.4, -0.2) is 27.1 Å². The molecule has 3 aromatic rings. The molecule has 1 aliphatic rings. The van der Waals surface area contributed by atoms with Crippen LogP contribution in [0.4, 0.5) is 0 Å². The van der Waals surface area contributed by atoms with E-state index >= 15 is 0 Å². The number of para-hydroxylation sites is 1. The van der Waals surface area contributed by atoms with Crippen LogP contribution in [0.15, 0.2) is 54.7 Å². The second-order valence-electron chi connectivity index (χ2n) is 5.70. The molecule has 0 aliphatic carbocycles. The highest BCUT2D eigenvalue weighted by Crippen LogP contribution is 2.19. The van der Waals surface area contributed by atoms with Crippen molar-refractivity contribution in [1.29, 1.82) is 0 Å². The molecule has 4 heteroatoms. The summed E-state index contributed by atoms with van der Waals surface area (Å²) in [5, 5.41) is 5.41. The molecule has 0 unspecified atom stereocenters. The summed E-state index contributed by atoms with van der Waals surface area (Å²) in [4.78, 5) is 14.5. The van der Waals surface area contributed by atoms with Crippen molar-refractivity contribution in [1.82, 2.24) is 14.7 Å². The number of carbonyl (C=O) groups excluding carboxylic acids is 1. The van der Waals surface area contributed by atoms with Crippen molar-refractivity contribution < 1.29 is 4.79 Å². The molecule has 0 fully saturated rings. The van der Waals surface area contributed by atoms with Crippen molar-refractivity contribution in [3.63, 3.8) is 0 Å². The first kappa shape index (κ1) is 13.1. The van der Waals surface area contributed by atoms with Crippen molar-refractivity contribution in [3.8, 4) is 0 Å². The number of rotatable bonds is 2. The number of amides is 1. The smallest absolute Gasteiger partial charge is 0.244 e. The Bertz CT molecular complexity index is 837. The molecular weight excluding hydrogens is 274 g/mol. The minimum absolute atomic E-state index is 0.128. The molecule has 4 nitrogen and oxygen atoms in total. The summed E-state index contributed by atoms with van der Waals surface area (Å²) < 4.78 is 1.79. The van der Waals surface area contributed by atoms with Gasteiger partial charge in [0.15, 0.2) is 0 Å². The molecule has 22 heavy (non-hydrogen) atoms. The van der Waals surface area contributed by atoms with E-state index in [4.69, 9.17) is 0 Å². The van der Waals surface area contributed by atoms with Gasteiger partial charge >= 0.3 is 0 Å². The molecule has 0 N–H and O–H groups in total. The van der Waals surface area contributed by atoms with Crippen molar-refractivity contribution in [2.24, 2.45) is 0 Å². The first-order valence-corrected chi connectivity index (χ1v) is 7.56. The third-order valence-electron chi connectivity index (χ3n) is 4.32. The van der Waals surface area contributed by atoms with E-state index in [1.807, 2.05) is 41.4 Å². The van der Waals surface area contributed by atoms with Crippen LogP contribution in [0.3, 0.4) is 0 Å². The summed E-state index contributed by atoms with van der Waals surface area (Å²) in [6, 6.07) is 16.3. The van der Waals surface area contributed by atoms with E-state index in [1.165, 1.54) is 11.1 Å². The number of benzene rings is 2. The predicted molar refractivity (Wildman–Crippen MR) is 85.3 cm³/mol. The highest BCUT2D eigenvalue weighted by molar-refractivity contribution is 5.82. The lowest BCUT2D eigenvalue weighted by Crippen LogP contribution is -2.38. The van der Waals surface area contributed by atoms with Crippen molar-refractivity contribution in [3.05, 3.63) is 65.9 Å². The normalized spacial score (nSPS) is 14.1. The molecule has 1 aliphatic heterocycles. The van der Waals surface area contributed by atoms with E-state index in [0.717, 1.165) is 23.9 Å². The van der Waals surface area contributed by atoms with Gasteiger partial charge in [-0.3, -0.25) is 9.48 Å². The second kappa shape index (κ2) is 5.30. The van der Waals surface area contributed by atoms with Gasteiger partial charge in [0.05, 0.1) is 11.7 Å². The Hall–Kier alpha value is -2.62. The Morgan fingerprint density at radius 3 is 2.73 bits per heavy atom. The molecule has 1 amide bonds. The van der Waals surface area contributed by atoms with Crippen LogP contribution in [0.2, 0.25) is 0 Å². The predicted octanol–water partition coefficient (Wildman–Crippen LogP) is 2.62. The Kier molecular flexibility index (Phi) is 3.15.